The molecule has 0 spiro atoms. The van der Waals surface area contributed by atoms with Gasteiger partial charge in [-0.1, -0.05) is 36.4 Å². The molecule has 2 fully saturated rings. The SMILES string of the molecule is CN1O[C@H]2CC[P@](=O)(c3ccccc3)[C@H]2[C@@H]1c1ccccn1. The van der Waals surface area contributed by atoms with Crippen molar-refractivity contribution in [2.45, 2.75) is 24.2 Å². The largest absolute Gasteiger partial charge is 0.318 e. The molecule has 2 aliphatic rings. The monoisotopic (exact) mass is 314 g/mol. The molecule has 5 heteroatoms. The highest BCUT2D eigenvalue weighted by Gasteiger charge is 2.57. The molecule has 0 saturated carbocycles. The summed E-state index contributed by atoms with van der Waals surface area (Å²) in [5.74, 6) is 0. The fourth-order valence-electron chi connectivity index (χ4n) is 3.84. The fraction of sp³-hybridized carbons (Fsp3) is 0.353. The van der Waals surface area contributed by atoms with E-state index in [0.717, 1.165) is 23.6 Å². The Hall–Kier alpha value is -1.48. The van der Waals surface area contributed by atoms with E-state index >= 15 is 0 Å². The Morgan fingerprint density at radius 1 is 1.18 bits per heavy atom. The molecule has 0 amide bonds. The van der Waals surface area contributed by atoms with Crippen molar-refractivity contribution in [3.05, 3.63) is 60.4 Å². The van der Waals surface area contributed by atoms with Crippen molar-refractivity contribution in [2.75, 3.05) is 13.2 Å². The van der Waals surface area contributed by atoms with Gasteiger partial charge in [0.25, 0.3) is 0 Å². The second kappa shape index (κ2) is 5.31. The van der Waals surface area contributed by atoms with E-state index in [1.807, 2.05) is 60.6 Å². The standard InChI is InChI=1S/C17H19N2O2P/c1-19-16(14-9-5-6-11-18-14)17-15(21-19)10-12-22(17,20)13-7-3-2-4-8-13/h2-9,11,15-17H,10,12H2,1H3/t15-,16-,17+,22-/m0/s1. The van der Waals surface area contributed by atoms with Gasteiger partial charge in [0.2, 0.25) is 0 Å². The van der Waals surface area contributed by atoms with E-state index in [9.17, 15) is 4.57 Å². The zero-order valence-corrected chi connectivity index (χ0v) is 13.4. The van der Waals surface area contributed by atoms with E-state index in [2.05, 4.69) is 4.98 Å². The summed E-state index contributed by atoms with van der Waals surface area (Å²) in [6.07, 6.45) is 3.40. The average Bonchev–Trinajstić information content (AvgIpc) is 3.06. The summed E-state index contributed by atoms with van der Waals surface area (Å²) in [6, 6.07) is 15.7. The summed E-state index contributed by atoms with van der Waals surface area (Å²) in [7, 11) is -0.568. The molecule has 4 rings (SSSR count). The minimum absolute atomic E-state index is 0.00481. The lowest BCUT2D eigenvalue weighted by molar-refractivity contribution is -0.144. The third-order valence-corrected chi connectivity index (χ3v) is 8.48. The van der Waals surface area contributed by atoms with Crippen LogP contribution in [-0.2, 0) is 9.40 Å². The van der Waals surface area contributed by atoms with Gasteiger partial charge in [-0.3, -0.25) is 9.82 Å². The minimum Gasteiger partial charge on any atom is -0.318 e. The summed E-state index contributed by atoms with van der Waals surface area (Å²) in [4.78, 5) is 10.5. The van der Waals surface area contributed by atoms with Crippen molar-refractivity contribution in [2.24, 2.45) is 0 Å². The smallest absolute Gasteiger partial charge is 0.123 e. The van der Waals surface area contributed by atoms with Gasteiger partial charge in [0.15, 0.2) is 0 Å². The molecule has 1 aromatic carbocycles. The first-order valence-electron chi connectivity index (χ1n) is 7.65. The molecule has 114 valence electrons. The molecule has 2 aliphatic heterocycles. The minimum atomic E-state index is -2.49. The van der Waals surface area contributed by atoms with Crippen molar-refractivity contribution in [1.29, 1.82) is 0 Å². The molecule has 4 atom stereocenters. The molecule has 22 heavy (non-hydrogen) atoms. The molecule has 0 aliphatic carbocycles. The van der Waals surface area contributed by atoms with Crippen molar-refractivity contribution in [3.8, 4) is 0 Å². The van der Waals surface area contributed by atoms with Gasteiger partial charge in [-0.15, -0.1) is 0 Å². The van der Waals surface area contributed by atoms with Gasteiger partial charge in [-0.25, -0.2) is 0 Å². The lowest BCUT2D eigenvalue weighted by Crippen LogP contribution is -2.27. The highest BCUT2D eigenvalue weighted by molar-refractivity contribution is 7.72. The van der Waals surface area contributed by atoms with Crippen LogP contribution in [-0.4, -0.2) is 35.0 Å². The zero-order valence-electron chi connectivity index (χ0n) is 12.5. The summed E-state index contributed by atoms with van der Waals surface area (Å²) in [5, 5.41) is 2.83. The van der Waals surface area contributed by atoms with Crippen molar-refractivity contribution < 1.29 is 9.40 Å². The third-order valence-electron chi connectivity index (χ3n) is 4.81. The second-order valence-electron chi connectivity index (χ2n) is 6.02. The lowest BCUT2D eigenvalue weighted by Gasteiger charge is -2.26. The quantitative estimate of drug-likeness (QED) is 0.800. The van der Waals surface area contributed by atoms with E-state index in [0.29, 0.717) is 0 Å². The Morgan fingerprint density at radius 3 is 2.68 bits per heavy atom. The van der Waals surface area contributed by atoms with E-state index in [1.54, 1.807) is 6.20 Å². The number of hydrogen-bond donors (Lipinski definition) is 0. The summed E-state index contributed by atoms with van der Waals surface area (Å²) in [5.41, 5.74) is 0.936. The summed E-state index contributed by atoms with van der Waals surface area (Å²) >= 11 is 0. The molecule has 4 nitrogen and oxygen atoms in total. The van der Waals surface area contributed by atoms with Gasteiger partial charge in [0, 0.05) is 24.7 Å². The number of nitrogens with zero attached hydrogens (tertiary/aromatic N) is 2. The Bertz CT molecular complexity index is 707. The highest BCUT2D eigenvalue weighted by Crippen LogP contribution is 2.64. The van der Waals surface area contributed by atoms with Crippen LogP contribution in [0.15, 0.2) is 54.7 Å². The van der Waals surface area contributed by atoms with Crippen molar-refractivity contribution in [3.63, 3.8) is 0 Å². The molecule has 3 heterocycles. The van der Waals surface area contributed by atoms with E-state index < -0.39 is 7.14 Å². The number of aromatic nitrogens is 1. The Balaban J connectivity index is 1.80. The first-order chi connectivity index (χ1) is 10.7. The number of rotatable bonds is 2. The maximum atomic E-state index is 13.8. The maximum Gasteiger partial charge on any atom is 0.123 e. The third kappa shape index (κ3) is 2.06. The number of hydroxylamine groups is 2. The van der Waals surface area contributed by atoms with Gasteiger partial charge in [-0.05, 0) is 18.6 Å². The molecule has 0 unspecified atom stereocenters. The molecule has 0 bridgehead atoms. The first kappa shape index (κ1) is 14.1. The predicted molar refractivity (Wildman–Crippen MR) is 86.6 cm³/mol. The van der Waals surface area contributed by atoms with E-state index in [4.69, 9.17) is 4.84 Å². The predicted octanol–water partition coefficient (Wildman–Crippen LogP) is 2.83. The van der Waals surface area contributed by atoms with Crippen LogP contribution in [0.4, 0.5) is 0 Å². The molecule has 1 aromatic heterocycles. The van der Waals surface area contributed by atoms with E-state index in [-0.39, 0.29) is 17.8 Å². The Labute approximate surface area is 130 Å². The van der Waals surface area contributed by atoms with Crippen molar-refractivity contribution in [1.82, 2.24) is 10.0 Å². The molecule has 2 saturated heterocycles. The van der Waals surface area contributed by atoms with E-state index in [1.165, 1.54) is 0 Å². The van der Waals surface area contributed by atoms with Crippen LogP contribution < -0.4 is 5.30 Å². The van der Waals surface area contributed by atoms with Crippen LogP contribution in [0.2, 0.25) is 0 Å². The van der Waals surface area contributed by atoms with Gasteiger partial charge in [-0.2, -0.15) is 5.06 Å². The number of pyridine rings is 1. The maximum absolute atomic E-state index is 13.8. The molecular weight excluding hydrogens is 295 g/mol. The fourth-order valence-corrected chi connectivity index (χ4v) is 7.59. The van der Waals surface area contributed by atoms with Crippen LogP contribution in [0, 0.1) is 0 Å². The van der Waals surface area contributed by atoms with Gasteiger partial charge in [0.1, 0.15) is 7.14 Å². The number of benzene rings is 1. The van der Waals surface area contributed by atoms with Crippen LogP contribution >= 0.6 is 7.14 Å². The second-order valence-corrected chi connectivity index (χ2v) is 9.17. The average molecular weight is 314 g/mol. The molecule has 2 aromatic rings. The number of hydrogen-bond acceptors (Lipinski definition) is 4. The zero-order chi connectivity index (χ0) is 15.2. The number of fused-ring (bicyclic) bond motifs is 1. The van der Waals surface area contributed by atoms with Crippen LogP contribution in [0.3, 0.4) is 0 Å². The van der Waals surface area contributed by atoms with Crippen LogP contribution in [0.1, 0.15) is 18.2 Å². The molecule has 0 radical (unpaired) electrons. The normalized spacial score (nSPS) is 34.7. The summed E-state index contributed by atoms with van der Waals surface area (Å²) < 4.78 is 13.8. The summed E-state index contributed by atoms with van der Waals surface area (Å²) in [6.45, 7) is 0. The van der Waals surface area contributed by atoms with Crippen molar-refractivity contribution >= 4 is 12.4 Å². The van der Waals surface area contributed by atoms with Gasteiger partial charge < -0.3 is 4.57 Å². The lowest BCUT2D eigenvalue weighted by atomic mass is 10.1. The van der Waals surface area contributed by atoms with Crippen LogP contribution in [0.5, 0.6) is 0 Å². The molecular formula is C17H19N2O2P. The van der Waals surface area contributed by atoms with Gasteiger partial charge >= 0.3 is 0 Å². The highest BCUT2D eigenvalue weighted by atomic mass is 31.2. The topological polar surface area (TPSA) is 42.4 Å². The first-order valence-corrected chi connectivity index (χ1v) is 9.61. The Kier molecular flexibility index (Phi) is 3.41. The van der Waals surface area contributed by atoms with Gasteiger partial charge in [0.05, 0.1) is 23.5 Å². The molecule has 0 N–H and O–H groups in total. The van der Waals surface area contributed by atoms with Crippen LogP contribution in [0.25, 0.3) is 0 Å². The Morgan fingerprint density at radius 2 is 1.95 bits per heavy atom.